The molecular weight excluding hydrogens is 1520 g/mol. The Labute approximate surface area is 755 Å². The first-order valence-electron chi connectivity index (χ1n) is 45.5. The lowest BCUT2D eigenvalue weighted by molar-refractivity contribution is -0.0731. The second-order valence-corrected chi connectivity index (χ2v) is 36.6. The van der Waals surface area contributed by atoms with Crippen molar-refractivity contribution in [1.82, 2.24) is 0 Å². The molecule has 6 atom stereocenters. The number of aryl methyl sites for hydroxylation is 24. The maximum Gasteiger partial charge on any atom is 0.185 e. The Morgan fingerprint density at radius 1 is 0.264 bits per heavy atom. The Morgan fingerprint density at radius 3 is 0.800 bits per heavy atom. The van der Waals surface area contributed by atoms with Crippen LogP contribution in [0, 0.1) is 190 Å². The predicted octanol–water partition coefficient (Wildman–Crippen LogP) is 34.2. The van der Waals surface area contributed by atoms with E-state index in [-0.39, 0.29) is 5.78 Å². The van der Waals surface area contributed by atoms with E-state index in [1.54, 1.807) is 6.08 Å². The fourth-order valence-electron chi connectivity index (χ4n) is 14.8. The van der Waals surface area contributed by atoms with Crippen molar-refractivity contribution >= 4 is 47.5 Å². The van der Waals surface area contributed by atoms with Gasteiger partial charge in [-0.1, -0.05) is 222 Å². The largest absolute Gasteiger partial charge is 0.457 e. The monoisotopic (exact) mass is 1660 g/mol. The molecule has 0 amide bonds. The molecule has 12 aromatic carbocycles. The summed E-state index contributed by atoms with van der Waals surface area (Å²) >= 11 is 0. The van der Waals surface area contributed by atoms with Crippen molar-refractivity contribution in [3.8, 4) is 11.5 Å². The van der Waals surface area contributed by atoms with E-state index in [0.29, 0.717) is 12.2 Å². The van der Waals surface area contributed by atoms with Crippen LogP contribution in [0.25, 0.3) is 30.4 Å². The summed E-state index contributed by atoms with van der Waals surface area (Å²) in [5.74, 6) is 5.36. The zero-order chi connectivity index (χ0) is 91.3. The van der Waals surface area contributed by atoms with E-state index in [2.05, 4.69) is 391 Å². The second-order valence-electron chi connectivity index (χ2n) is 36.6. The number of rotatable bonds is 15. The van der Waals surface area contributed by atoms with Gasteiger partial charge >= 0.3 is 0 Å². The molecule has 2 aliphatic rings. The third-order valence-electron chi connectivity index (χ3n) is 26.3. The summed E-state index contributed by atoms with van der Waals surface area (Å²) in [5.41, 5.74) is 42.7. The van der Waals surface area contributed by atoms with Gasteiger partial charge in [0.2, 0.25) is 0 Å². The topological polar surface area (TPSA) is 60.2 Å². The average Bonchev–Trinajstić information content (AvgIpc) is 0.870. The normalized spacial score (nSPS) is 15.9. The number of carbonyl (C=O) groups excluding carboxylic acids is 1. The van der Waals surface area contributed by atoms with Crippen molar-refractivity contribution in [2.75, 3.05) is 0 Å². The van der Waals surface area contributed by atoms with Gasteiger partial charge < -0.3 is 9.47 Å². The summed E-state index contributed by atoms with van der Waals surface area (Å²) in [6.45, 7) is 60.5. The van der Waals surface area contributed by atoms with Gasteiger partial charge in [0.25, 0.3) is 0 Å². The number of carbonyl (C=O) groups is 1. The predicted molar refractivity (Wildman–Crippen MR) is 542 cm³/mol. The summed E-state index contributed by atoms with van der Waals surface area (Å²) in [6.07, 6.45) is 22.3. The second kappa shape index (κ2) is 48.4. The molecule has 2 fully saturated rings. The van der Waals surface area contributed by atoms with Crippen LogP contribution in [0.2, 0.25) is 0 Å². The Kier molecular flexibility index (Phi) is 38.5. The van der Waals surface area contributed by atoms with Crippen LogP contribution in [-0.4, -0.2) is 18.0 Å². The Bertz CT molecular complexity index is 5070. The van der Waals surface area contributed by atoms with Crippen molar-refractivity contribution in [2.24, 2.45) is 33.9 Å². The number of azo groups is 1. The van der Waals surface area contributed by atoms with E-state index < -0.39 is 0 Å². The summed E-state index contributed by atoms with van der Waals surface area (Å²) in [6, 6.07) is 76.4. The highest BCUT2D eigenvalue weighted by Crippen LogP contribution is 2.37. The van der Waals surface area contributed by atoms with Crippen molar-refractivity contribution < 1.29 is 14.3 Å². The zero-order valence-electron chi connectivity index (χ0n) is 81.3. The molecule has 0 bridgehead atoms. The first-order chi connectivity index (χ1) is 59.3. The van der Waals surface area contributed by atoms with Crippen LogP contribution in [0.4, 0.5) is 11.4 Å². The van der Waals surface area contributed by atoms with Gasteiger partial charge in [0.1, 0.15) is 11.5 Å². The smallest absolute Gasteiger partial charge is 0.185 e. The van der Waals surface area contributed by atoms with Gasteiger partial charge in [-0.25, -0.2) is 0 Å². The van der Waals surface area contributed by atoms with Crippen LogP contribution in [0.3, 0.4) is 0 Å². The Balaban J connectivity index is 0.000000181. The van der Waals surface area contributed by atoms with Gasteiger partial charge in [0.05, 0.1) is 23.6 Å². The van der Waals surface area contributed by atoms with Crippen molar-refractivity contribution in [3.05, 3.63) is 402 Å². The molecule has 0 aromatic heterocycles. The van der Waals surface area contributed by atoms with Crippen LogP contribution in [-0.2, 0) is 11.2 Å². The number of ether oxygens (including phenoxy) is 2. The average molecular weight is 1660 g/mol. The molecule has 5 heteroatoms. The van der Waals surface area contributed by atoms with Crippen LogP contribution < -0.4 is 4.74 Å². The lowest BCUT2D eigenvalue weighted by Crippen LogP contribution is -2.34. The number of hydrogen-bond acceptors (Lipinski definition) is 5. The minimum absolute atomic E-state index is 0.0475. The van der Waals surface area contributed by atoms with Crippen LogP contribution >= 0.6 is 0 Å². The number of nitrogens with zero attached hydrogens (tertiary/aromatic N) is 2. The summed E-state index contributed by atoms with van der Waals surface area (Å²) in [5, 5.41) is 8.55. The van der Waals surface area contributed by atoms with E-state index in [1.807, 2.05) is 61.5 Å². The van der Waals surface area contributed by atoms with Gasteiger partial charge in [-0.05, 0) is 468 Å². The molecule has 125 heavy (non-hydrogen) atoms. The van der Waals surface area contributed by atoms with E-state index in [9.17, 15) is 4.79 Å². The number of allylic oxidation sites excluding steroid dienone is 1. The molecule has 14 rings (SSSR count). The third kappa shape index (κ3) is 32.4. The molecule has 654 valence electrons. The highest BCUT2D eigenvalue weighted by atomic mass is 16.5. The van der Waals surface area contributed by atoms with E-state index >= 15 is 0 Å². The van der Waals surface area contributed by atoms with Gasteiger partial charge in [0.15, 0.2) is 5.78 Å². The molecule has 0 radical (unpaired) electrons. The standard InChI is InChI=1S/C19H20O.2C18H20.C17H20.C16H18N2.C16H30O.C16H18O/c1-13-5-7-17(11-15(13)3)8-10-19(20)18-9-6-14(2)16(4)12-18;2*1-13-5-7-17(11-15(13)3)9-10-18-8-6-14(2)16(4)12-18;1-12-5-7-16(9-14(12)3)11-17-8-6-13(2)15(4)10-17;1-11-5-7-15(9-13(11)3)17-18-16-8-6-12(2)14(4)10-16;2*1-11-5-7-15(9-13(11)3)17-16-8-6-12(2)14(4)10-16/h5-12H,1-4H3;2*5-12H,1-4H3;5-10H,11H2,1-4H3;5-10H,1-4H3;11-16H,5-10H2,1-4H3;5-10H,1-4H3. The molecule has 2 saturated carbocycles. The van der Waals surface area contributed by atoms with Crippen LogP contribution in [0.1, 0.15) is 249 Å². The first-order valence-corrected chi connectivity index (χ1v) is 45.5. The van der Waals surface area contributed by atoms with Crippen molar-refractivity contribution in [3.63, 3.8) is 0 Å². The molecular formula is C120H146N2O3. The van der Waals surface area contributed by atoms with E-state index in [1.165, 1.54) is 200 Å². The fourth-order valence-corrected chi connectivity index (χ4v) is 14.8. The van der Waals surface area contributed by atoms with Crippen LogP contribution in [0.5, 0.6) is 11.5 Å². The van der Waals surface area contributed by atoms with Crippen molar-refractivity contribution in [2.45, 2.75) is 251 Å². The minimum Gasteiger partial charge on any atom is -0.457 e. The molecule has 0 heterocycles. The third-order valence-corrected chi connectivity index (χ3v) is 26.3. The molecule has 2 aliphatic carbocycles. The molecule has 0 aliphatic heterocycles. The number of hydrogen-bond donors (Lipinski definition) is 0. The fraction of sp³-hybridized carbons (Fsp3) is 0.342. The zero-order valence-corrected chi connectivity index (χ0v) is 81.3. The highest BCUT2D eigenvalue weighted by molar-refractivity contribution is 6.07. The van der Waals surface area contributed by atoms with E-state index in [0.717, 1.165) is 69.7 Å². The first kappa shape index (κ1) is 99.3. The van der Waals surface area contributed by atoms with Crippen molar-refractivity contribution in [1.29, 1.82) is 0 Å². The van der Waals surface area contributed by atoms with Crippen LogP contribution in [0.15, 0.2) is 235 Å². The van der Waals surface area contributed by atoms with Gasteiger partial charge in [-0.2, -0.15) is 10.2 Å². The SMILES string of the molecule is CC1CCC(OC2CCC(C)C(C)C2)CC1C.Cc1ccc(C=CC(=O)c2ccc(C)c(C)c2)cc1C.Cc1ccc(C=Cc2ccc(C)c(C)c2)cc1C.Cc1ccc(C=Cc2ccc(C)c(C)c2)cc1C.Cc1ccc(Cc2ccc(C)c(C)c2)cc1C.Cc1ccc(N=Nc2ccc(C)c(C)c2)cc1C.Cc1ccc(Oc2ccc(C)c(C)c2)cc1C. The number of benzene rings is 12. The molecule has 12 aromatic rings. The Morgan fingerprint density at radius 2 is 0.520 bits per heavy atom. The molecule has 0 N–H and O–H groups in total. The molecule has 0 spiro atoms. The highest BCUT2D eigenvalue weighted by Gasteiger charge is 2.31. The lowest BCUT2D eigenvalue weighted by Gasteiger charge is -2.38. The quantitative estimate of drug-likeness (QED) is 0.0445. The van der Waals surface area contributed by atoms with Gasteiger partial charge in [-0.15, -0.1) is 0 Å². The number of ketones is 1. The minimum atomic E-state index is 0.0475. The molecule has 5 nitrogen and oxygen atoms in total. The van der Waals surface area contributed by atoms with E-state index in [4.69, 9.17) is 9.47 Å². The maximum absolute atomic E-state index is 12.1. The maximum atomic E-state index is 12.1. The summed E-state index contributed by atoms with van der Waals surface area (Å²) < 4.78 is 12.2. The van der Waals surface area contributed by atoms with Gasteiger partial charge in [-0.3, -0.25) is 4.79 Å². The summed E-state index contributed by atoms with van der Waals surface area (Å²) in [4.78, 5) is 12.1. The summed E-state index contributed by atoms with van der Waals surface area (Å²) in [7, 11) is 0. The molecule has 6 unspecified atom stereocenters. The molecule has 0 saturated heterocycles. The lowest BCUT2D eigenvalue weighted by atomic mass is 9.78. The Hall–Kier alpha value is -11.1. The van der Waals surface area contributed by atoms with Gasteiger partial charge in [0, 0.05) is 5.56 Å².